The summed E-state index contributed by atoms with van der Waals surface area (Å²) in [4.78, 5) is 4.19. The van der Waals surface area contributed by atoms with Gasteiger partial charge in [0.1, 0.15) is 0 Å². The monoisotopic (exact) mass is 193 g/mol. The maximum Gasteiger partial charge on any atom is 0.0646 e. The summed E-state index contributed by atoms with van der Waals surface area (Å²) >= 11 is 0. The van der Waals surface area contributed by atoms with Gasteiger partial charge in [0.15, 0.2) is 0 Å². The van der Waals surface area contributed by atoms with E-state index >= 15 is 0 Å². The second-order valence-electron chi connectivity index (χ2n) is 3.72. The molecule has 1 aromatic rings. The molecule has 1 aromatic heterocycles. The van der Waals surface area contributed by atoms with Crippen molar-refractivity contribution in [2.75, 3.05) is 13.2 Å². The van der Waals surface area contributed by atoms with E-state index in [4.69, 9.17) is 4.74 Å². The molecule has 2 unspecified atom stereocenters. The fourth-order valence-corrected chi connectivity index (χ4v) is 1.76. The Balaban J connectivity index is 1.90. The van der Waals surface area contributed by atoms with Crippen molar-refractivity contribution in [1.82, 2.24) is 4.98 Å². The van der Waals surface area contributed by atoms with Gasteiger partial charge in [-0.05, 0) is 18.6 Å². The van der Waals surface area contributed by atoms with Crippen molar-refractivity contribution >= 4 is 0 Å². The van der Waals surface area contributed by atoms with Crippen molar-refractivity contribution in [3.8, 4) is 0 Å². The van der Waals surface area contributed by atoms with Crippen LogP contribution in [0, 0.1) is 5.92 Å². The standard InChI is InChI=1S/C11H15NO2/c13-11(9-4-6-14-8-9)7-10-3-1-2-5-12-10/h1-3,5,9,11,13H,4,6-8H2. The molecule has 0 saturated carbocycles. The molecule has 0 radical (unpaired) electrons. The van der Waals surface area contributed by atoms with Crippen LogP contribution in [0.2, 0.25) is 0 Å². The van der Waals surface area contributed by atoms with Gasteiger partial charge in [0.2, 0.25) is 0 Å². The van der Waals surface area contributed by atoms with Crippen molar-refractivity contribution in [3.63, 3.8) is 0 Å². The Bertz CT molecular complexity index is 270. The molecule has 1 aliphatic rings. The number of pyridine rings is 1. The van der Waals surface area contributed by atoms with Gasteiger partial charge in [-0.3, -0.25) is 4.98 Å². The third-order valence-electron chi connectivity index (χ3n) is 2.65. The Kier molecular flexibility index (Phi) is 3.11. The van der Waals surface area contributed by atoms with Gasteiger partial charge in [-0.2, -0.15) is 0 Å². The van der Waals surface area contributed by atoms with Gasteiger partial charge in [-0.25, -0.2) is 0 Å². The van der Waals surface area contributed by atoms with Gasteiger partial charge >= 0.3 is 0 Å². The molecule has 1 saturated heterocycles. The predicted octanol–water partition coefficient (Wildman–Crippen LogP) is 1.02. The molecule has 2 atom stereocenters. The number of hydrogen-bond donors (Lipinski definition) is 1. The van der Waals surface area contributed by atoms with E-state index in [0.717, 1.165) is 18.7 Å². The van der Waals surface area contributed by atoms with Crippen molar-refractivity contribution in [2.45, 2.75) is 18.9 Å². The van der Waals surface area contributed by atoms with Crippen LogP contribution in [0.15, 0.2) is 24.4 Å². The van der Waals surface area contributed by atoms with Crippen LogP contribution in [0.1, 0.15) is 12.1 Å². The number of hydrogen-bond acceptors (Lipinski definition) is 3. The topological polar surface area (TPSA) is 42.4 Å². The molecule has 2 heterocycles. The molecule has 0 aliphatic carbocycles. The van der Waals surface area contributed by atoms with Crippen LogP contribution in [0.4, 0.5) is 0 Å². The Labute approximate surface area is 83.7 Å². The molecule has 76 valence electrons. The van der Waals surface area contributed by atoms with E-state index in [1.807, 2.05) is 18.2 Å². The molecule has 14 heavy (non-hydrogen) atoms. The molecule has 0 aromatic carbocycles. The number of aliphatic hydroxyl groups excluding tert-OH is 1. The van der Waals surface area contributed by atoms with E-state index in [9.17, 15) is 5.11 Å². The van der Waals surface area contributed by atoms with E-state index in [2.05, 4.69) is 4.98 Å². The summed E-state index contributed by atoms with van der Waals surface area (Å²) in [6.45, 7) is 1.47. The first-order valence-electron chi connectivity index (χ1n) is 5.02. The lowest BCUT2D eigenvalue weighted by molar-refractivity contribution is 0.0911. The molecule has 1 fully saturated rings. The Morgan fingerprint density at radius 3 is 3.14 bits per heavy atom. The summed E-state index contributed by atoms with van der Waals surface area (Å²) in [6.07, 6.45) is 3.04. The zero-order valence-corrected chi connectivity index (χ0v) is 8.10. The predicted molar refractivity (Wildman–Crippen MR) is 52.9 cm³/mol. The minimum atomic E-state index is -0.313. The minimum Gasteiger partial charge on any atom is -0.392 e. The lowest BCUT2D eigenvalue weighted by atomic mass is 9.98. The zero-order valence-electron chi connectivity index (χ0n) is 8.10. The number of aromatic nitrogens is 1. The third kappa shape index (κ3) is 2.30. The van der Waals surface area contributed by atoms with E-state index < -0.39 is 0 Å². The summed E-state index contributed by atoms with van der Waals surface area (Å²) in [5.41, 5.74) is 0.951. The van der Waals surface area contributed by atoms with E-state index in [1.165, 1.54) is 0 Å². The van der Waals surface area contributed by atoms with E-state index in [0.29, 0.717) is 13.0 Å². The fraction of sp³-hybridized carbons (Fsp3) is 0.545. The molecular weight excluding hydrogens is 178 g/mol. The van der Waals surface area contributed by atoms with Crippen molar-refractivity contribution in [3.05, 3.63) is 30.1 Å². The highest BCUT2D eigenvalue weighted by Gasteiger charge is 2.24. The van der Waals surface area contributed by atoms with Crippen molar-refractivity contribution < 1.29 is 9.84 Å². The SMILES string of the molecule is OC(Cc1ccccn1)C1CCOC1. The van der Waals surface area contributed by atoms with Crippen LogP contribution in [-0.2, 0) is 11.2 Å². The Morgan fingerprint density at radius 2 is 2.50 bits per heavy atom. The van der Waals surface area contributed by atoms with E-state index in [-0.39, 0.29) is 12.0 Å². The van der Waals surface area contributed by atoms with Crippen LogP contribution in [0.5, 0.6) is 0 Å². The normalized spacial score (nSPS) is 23.6. The lowest BCUT2D eigenvalue weighted by Crippen LogP contribution is -2.23. The molecule has 1 N–H and O–H groups in total. The Hall–Kier alpha value is -0.930. The highest BCUT2D eigenvalue weighted by molar-refractivity contribution is 5.05. The summed E-state index contributed by atoms with van der Waals surface area (Å²) in [6, 6.07) is 5.77. The molecule has 3 heteroatoms. The maximum absolute atomic E-state index is 9.88. The van der Waals surface area contributed by atoms with Crippen LogP contribution in [-0.4, -0.2) is 29.4 Å². The summed E-state index contributed by atoms with van der Waals surface area (Å²) in [7, 11) is 0. The largest absolute Gasteiger partial charge is 0.392 e. The number of ether oxygens (including phenoxy) is 1. The lowest BCUT2D eigenvalue weighted by Gasteiger charge is -2.15. The van der Waals surface area contributed by atoms with E-state index in [1.54, 1.807) is 6.20 Å². The zero-order chi connectivity index (χ0) is 9.80. The first-order valence-corrected chi connectivity index (χ1v) is 5.02. The summed E-state index contributed by atoms with van der Waals surface area (Å²) < 4.78 is 5.24. The third-order valence-corrected chi connectivity index (χ3v) is 2.65. The van der Waals surface area contributed by atoms with Gasteiger partial charge in [-0.1, -0.05) is 6.07 Å². The molecule has 3 nitrogen and oxygen atoms in total. The van der Waals surface area contributed by atoms with Gasteiger partial charge in [0.25, 0.3) is 0 Å². The van der Waals surface area contributed by atoms with Crippen molar-refractivity contribution in [2.24, 2.45) is 5.92 Å². The first-order chi connectivity index (χ1) is 6.86. The second-order valence-corrected chi connectivity index (χ2v) is 3.72. The average Bonchev–Trinajstić information content (AvgIpc) is 2.72. The van der Waals surface area contributed by atoms with Crippen LogP contribution < -0.4 is 0 Å². The van der Waals surface area contributed by atoms with Gasteiger partial charge < -0.3 is 9.84 Å². The molecule has 0 amide bonds. The molecule has 2 rings (SSSR count). The maximum atomic E-state index is 9.88. The molecule has 0 bridgehead atoms. The fourth-order valence-electron chi connectivity index (χ4n) is 1.76. The first kappa shape index (κ1) is 9.62. The number of aliphatic hydroxyl groups is 1. The molecule has 0 spiro atoms. The highest BCUT2D eigenvalue weighted by Crippen LogP contribution is 2.18. The molecule has 1 aliphatic heterocycles. The van der Waals surface area contributed by atoms with Gasteiger partial charge in [-0.15, -0.1) is 0 Å². The molecular formula is C11H15NO2. The Morgan fingerprint density at radius 1 is 1.57 bits per heavy atom. The average molecular weight is 193 g/mol. The minimum absolute atomic E-state index is 0.289. The van der Waals surface area contributed by atoms with Crippen LogP contribution in [0.25, 0.3) is 0 Å². The van der Waals surface area contributed by atoms with Gasteiger partial charge in [0.05, 0.1) is 12.7 Å². The van der Waals surface area contributed by atoms with Crippen LogP contribution >= 0.6 is 0 Å². The summed E-state index contributed by atoms with van der Waals surface area (Å²) in [5, 5.41) is 9.88. The number of rotatable bonds is 3. The quantitative estimate of drug-likeness (QED) is 0.779. The number of nitrogens with zero attached hydrogens (tertiary/aromatic N) is 1. The second kappa shape index (κ2) is 4.53. The van der Waals surface area contributed by atoms with Gasteiger partial charge in [0, 0.05) is 30.8 Å². The summed E-state index contributed by atoms with van der Waals surface area (Å²) in [5.74, 6) is 0.289. The highest BCUT2D eigenvalue weighted by atomic mass is 16.5. The van der Waals surface area contributed by atoms with Crippen LogP contribution in [0.3, 0.4) is 0 Å². The smallest absolute Gasteiger partial charge is 0.0646 e. The van der Waals surface area contributed by atoms with Crippen molar-refractivity contribution in [1.29, 1.82) is 0 Å².